The van der Waals surface area contributed by atoms with E-state index in [1.54, 1.807) is 23.1 Å². The molecule has 0 aliphatic carbocycles. The standard InChI is InChI=1S/C12H12ClN3O4S/c13-11-8-9(2-3-10(11)12(17)18)21(19,20)15-5-7-16-6-1-4-14-16/h1-4,6,8,15H,5,7H2,(H,17,18). The number of carboxylic acid groups (broad SMARTS) is 1. The van der Waals surface area contributed by atoms with Crippen LogP contribution in [0.25, 0.3) is 0 Å². The molecule has 0 fully saturated rings. The fourth-order valence-corrected chi connectivity index (χ4v) is 3.02. The summed E-state index contributed by atoms with van der Waals surface area (Å²) in [6, 6.07) is 5.21. The van der Waals surface area contributed by atoms with Crippen LogP contribution in [-0.2, 0) is 16.6 Å². The molecule has 0 atom stereocenters. The summed E-state index contributed by atoms with van der Waals surface area (Å²) in [6.45, 7) is 0.537. The lowest BCUT2D eigenvalue weighted by Crippen LogP contribution is -2.27. The first-order valence-electron chi connectivity index (χ1n) is 5.90. The van der Waals surface area contributed by atoms with Gasteiger partial charge in [0, 0.05) is 18.9 Å². The van der Waals surface area contributed by atoms with Crippen molar-refractivity contribution >= 4 is 27.6 Å². The molecule has 0 spiro atoms. The highest BCUT2D eigenvalue weighted by Crippen LogP contribution is 2.20. The summed E-state index contributed by atoms with van der Waals surface area (Å²) < 4.78 is 28.1. The molecule has 0 saturated heterocycles. The molecule has 0 unspecified atom stereocenters. The van der Waals surface area contributed by atoms with Crippen molar-refractivity contribution in [3.63, 3.8) is 0 Å². The molecule has 0 bridgehead atoms. The van der Waals surface area contributed by atoms with Gasteiger partial charge in [-0.15, -0.1) is 0 Å². The Bertz CT molecular complexity index is 744. The quantitative estimate of drug-likeness (QED) is 0.829. The fourth-order valence-electron chi connectivity index (χ4n) is 1.65. The summed E-state index contributed by atoms with van der Waals surface area (Å²) in [5.41, 5.74) is -0.146. The van der Waals surface area contributed by atoms with E-state index in [2.05, 4.69) is 9.82 Å². The Balaban J connectivity index is 2.08. The van der Waals surface area contributed by atoms with Gasteiger partial charge in [-0.2, -0.15) is 5.10 Å². The normalized spacial score (nSPS) is 11.5. The molecule has 1 aromatic heterocycles. The minimum atomic E-state index is -3.75. The van der Waals surface area contributed by atoms with Gasteiger partial charge in [0.1, 0.15) is 0 Å². The largest absolute Gasteiger partial charge is 0.478 e. The second-order valence-electron chi connectivity index (χ2n) is 4.11. The van der Waals surface area contributed by atoms with Crippen molar-refractivity contribution in [3.05, 3.63) is 47.2 Å². The summed E-state index contributed by atoms with van der Waals surface area (Å²) >= 11 is 5.76. The number of aromatic carboxylic acids is 1. The van der Waals surface area contributed by atoms with Crippen LogP contribution >= 0.6 is 11.6 Å². The molecule has 2 rings (SSSR count). The van der Waals surface area contributed by atoms with Crippen LogP contribution in [0, 0.1) is 0 Å². The number of carboxylic acids is 1. The van der Waals surface area contributed by atoms with Gasteiger partial charge in [-0.1, -0.05) is 11.6 Å². The molecule has 21 heavy (non-hydrogen) atoms. The first-order valence-corrected chi connectivity index (χ1v) is 7.76. The van der Waals surface area contributed by atoms with Crippen molar-refractivity contribution in [2.45, 2.75) is 11.4 Å². The van der Waals surface area contributed by atoms with Gasteiger partial charge in [-0.25, -0.2) is 17.9 Å². The molecule has 0 saturated carbocycles. The number of halogens is 1. The number of nitrogens with one attached hydrogen (secondary N) is 1. The Morgan fingerprint density at radius 1 is 1.43 bits per heavy atom. The molecule has 1 heterocycles. The number of nitrogens with zero attached hydrogens (tertiary/aromatic N) is 2. The molecular weight excluding hydrogens is 318 g/mol. The Kier molecular flexibility index (Phi) is 4.61. The highest BCUT2D eigenvalue weighted by atomic mass is 35.5. The number of rotatable bonds is 6. The maximum absolute atomic E-state index is 12.0. The summed E-state index contributed by atoms with van der Waals surface area (Å²) in [5, 5.41) is 12.7. The van der Waals surface area contributed by atoms with Crippen molar-refractivity contribution < 1.29 is 18.3 Å². The molecule has 7 nitrogen and oxygen atoms in total. The molecule has 1 aromatic carbocycles. The van der Waals surface area contributed by atoms with E-state index in [0.29, 0.717) is 6.54 Å². The van der Waals surface area contributed by atoms with Gasteiger partial charge in [0.05, 0.1) is 22.0 Å². The zero-order chi connectivity index (χ0) is 15.5. The van der Waals surface area contributed by atoms with Crippen molar-refractivity contribution in [2.24, 2.45) is 0 Å². The molecule has 112 valence electrons. The van der Waals surface area contributed by atoms with Crippen molar-refractivity contribution in [1.29, 1.82) is 0 Å². The van der Waals surface area contributed by atoms with Crippen LogP contribution in [0.15, 0.2) is 41.6 Å². The van der Waals surface area contributed by atoms with E-state index in [1.807, 2.05) is 0 Å². The maximum atomic E-state index is 12.0. The number of hydrogen-bond donors (Lipinski definition) is 2. The minimum Gasteiger partial charge on any atom is -0.478 e. The van der Waals surface area contributed by atoms with Crippen LogP contribution in [0.3, 0.4) is 0 Å². The number of hydrogen-bond acceptors (Lipinski definition) is 4. The number of benzene rings is 1. The summed E-state index contributed by atoms with van der Waals surface area (Å²) in [6.07, 6.45) is 3.31. The second kappa shape index (κ2) is 6.25. The average Bonchev–Trinajstić information content (AvgIpc) is 2.91. The lowest BCUT2D eigenvalue weighted by Gasteiger charge is -2.08. The highest BCUT2D eigenvalue weighted by Gasteiger charge is 2.17. The smallest absolute Gasteiger partial charge is 0.337 e. The van der Waals surface area contributed by atoms with E-state index in [4.69, 9.17) is 16.7 Å². The van der Waals surface area contributed by atoms with Gasteiger partial charge in [0.2, 0.25) is 10.0 Å². The molecule has 0 radical (unpaired) electrons. The second-order valence-corrected chi connectivity index (χ2v) is 6.29. The maximum Gasteiger partial charge on any atom is 0.337 e. The van der Waals surface area contributed by atoms with Crippen LogP contribution in [0.4, 0.5) is 0 Å². The van der Waals surface area contributed by atoms with Crippen LogP contribution in [-0.4, -0.2) is 35.8 Å². The van der Waals surface area contributed by atoms with Gasteiger partial charge >= 0.3 is 5.97 Å². The van der Waals surface area contributed by atoms with E-state index in [9.17, 15) is 13.2 Å². The van der Waals surface area contributed by atoms with Crippen LogP contribution in [0.1, 0.15) is 10.4 Å². The minimum absolute atomic E-state index is 0.0852. The third-order valence-corrected chi connectivity index (χ3v) is 4.44. The third-order valence-electron chi connectivity index (χ3n) is 2.67. The molecule has 2 N–H and O–H groups in total. The zero-order valence-electron chi connectivity index (χ0n) is 10.7. The van der Waals surface area contributed by atoms with E-state index >= 15 is 0 Å². The fraction of sp³-hybridized carbons (Fsp3) is 0.167. The van der Waals surface area contributed by atoms with Gasteiger partial charge in [0.25, 0.3) is 0 Å². The van der Waals surface area contributed by atoms with Crippen molar-refractivity contribution in [2.75, 3.05) is 6.54 Å². The van der Waals surface area contributed by atoms with Crippen molar-refractivity contribution in [3.8, 4) is 0 Å². The van der Waals surface area contributed by atoms with E-state index in [1.165, 1.54) is 6.07 Å². The topological polar surface area (TPSA) is 101 Å². The SMILES string of the molecule is O=C(O)c1ccc(S(=O)(=O)NCCn2cccn2)cc1Cl. The molecule has 2 aromatic rings. The van der Waals surface area contributed by atoms with Gasteiger partial charge in [-0.3, -0.25) is 4.68 Å². The van der Waals surface area contributed by atoms with Crippen LogP contribution in [0.5, 0.6) is 0 Å². The lowest BCUT2D eigenvalue weighted by molar-refractivity contribution is 0.0697. The molecule has 0 aliphatic heterocycles. The molecular formula is C12H12ClN3O4S. The van der Waals surface area contributed by atoms with E-state index in [0.717, 1.165) is 12.1 Å². The third kappa shape index (κ3) is 3.81. The number of carbonyl (C=O) groups is 1. The van der Waals surface area contributed by atoms with E-state index in [-0.39, 0.29) is 22.0 Å². The summed E-state index contributed by atoms with van der Waals surface area (Å²) in [5.74, 6) is -1.21. The Labute approximate surface area is 126 Å². The first-order chi connectivity index (χ1) is 9.90. The first kappa shape index (κ1) is 15.5. The lowest BCUT2D eigenvalue weighted by atomic mass is 10.2. The predicted molar refractivity (Wildman–Crippen MR) is 75.8 cm³/mol. The van der Waals surface area contributed by atoms with E-state index < -0.39 is 16.0 Å². The van der Waals surface area contributed by atoms with Gasteiger partial charge < -0.3 is 5.11 Å². The molecule has 9 heteroatoms. The Morgan fingerprint density at radius 3 is 2.76 bits per heavy atom. The summed E-state index contributed by atoms with van der Waals surface area (Å²) in [4.78, 5) is 10.7. The number of sulfonamides is 1. The summed E-state index contributed by atoms with van der Waals surface area (Å²) in [7, 11) is -3.75. The highest BCUT2D eigenvalue weighted by molar-refractivity contribution is 7.89. The van der Waals surface area contributed by atoms with Crippen LogP contribution < -0.4 is 4.72 Å². The van der Waals surface area contributed by atoms with Gasteiger partial charge in [-0.05, 0) is 24.3 Å². The zero-order valence-corrected chi connectivity index (χ0v) is 12.3. The van der Waals surface area contributed by atoms with Crippen LogP contribution in [0.2, 0.25) is 5.02 Å². The molecule has 0 amide bonds. The molecule has 0 aliphatic rings. The number of aromatic nitrogens is 2. The monoisotopic (exact) mass is 329 g/mol. The Morgan fingerprint density at radius 2 is 2.19 bits per heavy atom. The van der Waals surface area contributed by atoms with Crippen molar-refractivity contribution in [1.82, 2.24) is 14.5 Å². The average molecular weight is 330 g/mol. The van der Waals surface area contributed by atoms with Gasteiger partial charge in [0.15, 0.2) is 0 Å². The Hall–Kier alpha value is -1.90. The predicted octanol–water partition coefficient (Wildman–Crippen LogP) is 1.21.